The third-order valence-electron chi connectivity index (χ3n) is 3.62. The summed E-state index contributed by atoms with van der Waals surface area (Å²) in [7, 11) is 0. The van der Waals surface area contributed by atoms with Crippen LogP contribution >= 0.6 is 12.2 Å². The van der Waals surface area contributed by atoms with Gasteiger partial charge in [0.05, 0.1) is 5.97 Å². The molecule has 0 bridgehead atoms. The molecule has 0 unspecified atom stereocenters. The van der Waals surface area contributed by atoms with Gasteiger partial charge >= 0.3 is 0 Å². The summed E-state index contributed by atoms with van der Waals surface area (Å²) in [5.74, 6) is -1.56. The van der Waals surface area contributed by atoms with Gasteiger partial charge in [0.1, 0.15) is 0 Å². The van der Waals surface area contributed by atoms with Gasteiger partial charge in [-0.25, -0.2) is 0 Å². The van der Waals surface area contributed by atoms with Crippen molar-refractivity contribution in [3.8, 4) is 0 Å². The first kappa shape index (κ1) is 18.6. The lowest BCUT2D eigenvalue weighted by Gasteiger charge is -2.19. The van der Waals surface area contributed by atoms with Crippen molar-refractivity contribution in [2.45, 2.75) is 26.2 Å². The summed E-state index contributed by atoms with van der Waals surface area (Å²) in [4.78, 5) is 22.9. The molecule has 2 aromatic carbocycles. The molecule has 5 nitrogen and oxygen atoms in total. The molecule has 0 saturated carbocycles. The fourth-order valence-electron chi connectivity index (χ4n) is 2.15. The highest BCUT2D eigenvalue weighted by Crippen LogP contribution is 2.22. The average molecular weight is 355 g/mol. The Morgan fingerprint density at radius 1 is 0.920 bits per heavy atom. The van der Waals surface area contributed by atoms with Crippen LogP contribution in [-0.2, 0) is 5.41 Å². The van der Waals surface area contributed by atoms with E-state index in [1.54, 1.807) is 24.3 Å². The summed E-state index contributed by atoms with van der Waals surface area (Å²) in [6.45, 7) is 6.31. The Balaban J connectivity index is 1.97. The van der Waals surface area contributed by atoms with E-state index in [0.29, 0.717) is 11.3 Å². The van der Waals surface area contributed by atoms with E-state index in [1.807, 2.05) is 12.1 Å². The fourth-order valence-corrected chi connectivity index (χ4v) is 2.36. The minimum absolute atomic E-state index is 0.0174. The highest BCUT2D eigenvalue weighted by molar-refractivity contribution is 7.80. The molecule has 25 heavy (non-hydrogen) atoms. The number of carbonyl (C=O) groups is 2. The minimum atomic E-state index is -1.25. The van der Waals surface area contributed by atoms with E-state index in [-0.39, 0.29) is 22.0 Å². The van der Waals surface area contributed by atoms with Crippen molar-refractivity contribution in [2.75, 3.05) is 5.32 Å². The molecule has 1 amide bonds. The molecule has 0 aliphatic rings. The molecule has 0 radical (unpaired) electrons. The normalized spacial score (nSPS) is 10.8. The Bertz CT molecular complexity index is 791. The maximum atomic E-state index is 12.2. The van der Waals surface area contributed by atoms with Crippen molar-refractivity contribution in [3.05, 3.63) is 65.2 Å². The number of carbonyl (C=O) groups excluding carboxylic acids is 2. The van der Waals surface area contributed by atoms with Gasteiger partial charge < -0.3 is 15.2 Å². The first-order valence-corrected chi connectivity index (χ1v) is 8.12. The second-order valence-electron chi connectivity index (χ2n) is 6.60. The van der Waals surface area contributed by atoms with Crippen LogP contribution in [0.4, 0.5) is 5.69 Å². The van der Waals surface area contributed by atoms with E-state index in [0.717, 1.165) is 5.56 Å². The molecular formula is C19H19N2O3S-. The predicted molar refractivity (Wildman–Crippen MR) is 99.6 cm³/mol. The van der Waals surface area contributed by atoms with Crippen LogP contribution in [0, 0.1) is 0 Å². The lowest BCUT2D eigenvalue weighted by atomic mass is 9.87. The van der Waals surface area contributed by atoms with Crippen molar-refractivity contribution >= 4 is 34.9 Å². The number of amides is 1. The fraction of sp³-hybridized carbons (Fsp3) is 0.211. The predicted octanol–water partition coefficient (Wildman–Crippen LogP) is 2.47. The average Bonchev–Trinajstić information content (AvgIpc) is 2.54. The van der Waals surface area contributed by atoms with Gasteiger partial charge in [-0.05, 0) is 53.0 Å². The Morgan fingerprint density at radius 2 is 1.44 bits per heavy atom. The van der Waals surface area contributed by atoms with E-state index in [9.17, 15) is 14.7 Å². The molecule has 0 aliphatic carbocycles. The summed E-state index contributed by atoms with van der Waals surface area (Å²) in [6.07, 6.45) is 0. The van der Waals surface area contributed by atoms with Gasteiger partial charge in [-0.1, -0.05) is 45.0 Å². The Morgan fingerprint density at radius 3 is 1.92 bits per heavy atom. The van der Waals surface area contributed by atoms with Gasteiger partial charge in [-0.3, -0.25) is 10.1 Å². The number of carboxylic acid groups (broad SMARTS) is 1. The van der Waals surface area contributed by atoms with Crippen LogP contribution in [0.3, 0.4) is 0 Å². The first-order valence-electron chi connectivity index (χ1n) is 7.71. The van der Waals surface area contributed by atoms with Gasteiger partial charge in [0.15, 0.2) is 5.11 Å². The van der Waals surface area contributed by atoms with Crippen LogP contribution in [0.5, 0.6) is 0 Å². The standard InChI is InChI=1S/C19H20N2O3S/c1-19(2,3)14-8-4-12(5-9-14)16(22)21-18(25)20-15-10-6-13(7-11-15)17(23)24/h4-11H,1-3H3,(H,23,24)(H2,20,21,22,25)/p-1. The van der Waals surface area contributed by atoms with Crippen LogP contribution in [0.15, 0.2) is 48.5 Å². The molecule has 0 heterocycles. The smallest absolute Gasteiger partial charge is 0.257 e. The highest BCUT2D eigenvalue weighted by Gasteiger charge is 2.14. The van der Waals surface area contributed by atoms with Crippen molar-refractivity contribution in [2.24, 2.45) is 0 Å². The summed E-state index contributed by atoms with van der Waals surface area (Å²) >= 11 is 5.11. The summed E-state index contributed by atoms with van der Waals surface area (Å²) in [6, 6.07) is 13.2. The molecule has 2 rings (SSSR count). The maximum Gasteiger partial charge on any atom is 0.257 e. The number of thiocarbonyl (C=S) groups is 1. The van der Waals surface area contributed by atoms with Crippen molar-refractivity contribution in [3.63, 3.8) is 0 Å². The molecule has 130 valence electrons. The summed E-state index contributed by atoms with van der Waals surface area (Å²) < 4.78 is 0. The van der Waals surface area contributed by atoms with E-state index in [2.05, 4.69) is 31.4 Å². The summed E-state index contributed by atoms with van der Waals surface area (Å²) in [5, 5.41) is 16.3. The number of hydrogen-bond donors (Lipinski definition) is 2. The van der Waals surface area contributed by atoms with E-state index in [4.69, 9.17) is 12.2 Å². The quantitative estimate of drug-likeness (QED) is 0.827. The monoisotopic (exact) mass is 355 g/mol. The van der Waals surface area contributed by atoms with Crippen LogP contribution in [0.2, 0.25) is 0 Å². The third kappa shape index (κ3) is 5.12. The first-order chi connectivity index (χ1) is 11.7. The van der Waals surface area contributed by atoms with Crippen molar-refractivity contribution < 1.29 is 14.7 Å². The minimum Gasteiger partial charge on any atom is -0.545 e. The van der Waals surface area contributed by atoms with E-state index in [1.165, 1.54) is 12.1 Å². The van der Waals surface area contributed by atoms with Gasteiger partial charge in [-0.15, -0.1) is 0 Å². The molecule has 0 fully saturated rings. The second kappa shape index (κ2) is 7.44. The highest BCUT2D eigenvalue weighted by atomic mass is 32.1. The van der Waals surface area contributed by atoms with Gasteiger partial charge in [-0.2, -0.15) is 0 Å². The zero-order chi connectivity index (χ0) is 18.6. The zero-order valence-electron chi connectivity index (χ0n) is 14.3. The van der Waals surface area contributed by atoms with Crippen molar-refractivity contribution in [1.29, 1.82) is 0 Å². The number of aromatic carboxylic acids is 1. The number of hydrogen-bond acceptors (Lipinski definition) is 4. The molecule has 0 spiro atoms. The number of anilines is 1. The van der Waals surface area contributed by atoms with Crippen molar-refractivity contribution in [1.82, 2.24) is 5.32 Å². The Hall–Kier alpha value is -2.73. The molecule has 6 heteroatoms. The van der Waals surface area contributed by atoms with Crippen LogP contribution in [0.25, 0.3) is 0 Å². The number of rotatable bonds is 3. The molecule has 0 atom stereocenters. The summed E-state index contributed by atoms with van der Waals surface area (Å²) in [5.41, 5.74) is 2.30. The Labute approximate surface area is 152 Å². The molecule has 2 aromatic rings. The lowest BCUT2D eigenvalue weighted by Crippen LogP contribution is -2.34. The second-order valence-corrected chi connectivity index (χ2v) is 7.01. The molecule has 0 saturated heterocycles. The van der Waals surface area contributed by atoms with Gasteiger partial charge in [0.25, 0.3) is 5.91 Å². The SMILES string of the molecule is CC(C)(C)c1ccc(C(=O)NC(=S)Nc2ccc(C(=O)[O-])cc2)cc1. The molecule has 0 aromatic heterocycles. The number of nitrogens with one attached hydrogen (secondary N) is 2. The molecule has 0 aliphatic heterocycles. The Kier molecular flexibility index (Phi) is 5.54. The topological polar surface area (TPSA) is 81.3 Å². The lowest BCUT2D eigenvalue weighted by molar-refractivity contribution is -0.255. The van der Waals surface area contributed by atoms with Gasteiger partial charge in [0.2, 0.25) is 0 Å². The maximum absolute atomic E-state index is 12.2. The van der Waals surface area contributed by atoms with Crippen LogP contribution in [-0.4, -0.2) is 17.0 Å². The number of carboxylic acids is 1. The van der Waals surface area contributed by atoms with E-state index < -0.39 is 5.97 Å². The zero-order valence-corrected chi connectivity index (χ0v) is 15.1. The van der Waals surface area contributed by atoms with Crippen LogP contribution in [0.1, 0.15) is 47.1 Å². The largest absolute Gasteiger partial charge is 0.545 e. The third-order valence-corrected chi connectivity index (χ3v) is 3.82. The molecular weight excluding hydrogens is 336 g/mol. The van der Waals surface area contributed by atoms with Crippen LogP contribution < -0.4 is 15.7 Å². The number of benzene rings is 2. The van der Waals surface area contributed by atoms with Gasteiger partial charge in [0, 0.05) is 11.3 Å². The molecule has 2 N–H and O–H groups in total. The van der Waals surface area contributed by atoms with E-state index >= 15 is 0 Å².